The van der Waals surface area contributed by atoms with E-state index in [0.29, 0.717) is 6.42 Å². The van der Waals surface area contributed by atoms with Crippen LogP contribution in [0.4, 0.5) is 0 Å². The Morgan fingerprint density at radius 1 is 1.38 bits per heavy atom. The molecule has 0 atom stereocenters. The first-order valence-electron chi connectivity index (χ1n) is 4.66. The van der Waals surface area contributed by atoms with Gasteiger partial charge in [0.25, 0.3) is 20.6 Å². The SMILES string of the molecule is CCCCNS(=O)(=O)c1n[nH]c(=O)[nH]c1=O. The Morgan fingerprint density at radius 2 is 2.06 bits per heavy atom. The lowest BCUT2D eigenvalue weighted by Gasteiger charge is -2.02. The van der Waals surface area contributed by atoms with Gasteiger partial charge in [0.2, 0.25) is 0 Å². The largest absolute Gasteiger partial charge is 0.342 e. The van der Waals surface area contributed by atoms with Crippen LogP contribution in [0.1, 0.15) is 19.8 Å². The summed E-state index contributed by atoms with van der Waals surface area (Å²) in [6.45, 7) is 2.12. The summed E-state index contributed by atoms with van der Waals surface area (Å²) in [5.74, 6) is 0. The van der Waals surface area contributed by atoms with Crippen molar-refractivity contribution in [1.29, 1.82) is 0 Å². The Labute approximate surface area is 91.2 Å². The fraction of sp³-hybridized carbons (Fsp3) is 0.571. The molecule has 1 aromatic rings. The third-order valence-electron chi connectivity index (χ3n) is 1.76. The van der Waals surface area contributed by atoms with Gasteiger partial charge in [-0.3, -0.25) is 9.78 Å². The van der Waals surface area contributed by atoms with Crippen LogP contribution < -0.4 is 16.0 Å². The number of aromatic amines is 2. The molecule has 90 valence electrons. The van der Waals surface area contributed by atoms with Crippen LogP contribution in [0, 0.1) is 0 Å². The van der Waals surface area contributed by atoms with Gasteiger partial charge in [0, 0.05) is 6.54 Å². The van der Waals surface area contributed by atoms with Gasteiger partial charge in [0.05, 0.1) is 0 Å². The van der Waals surface area contributed by atoms with E-state index in [1.54, 1.807) is 4.98 Å². The standard InChI is InChI=1S/C7H12N4O4S/c1-2-3-4-8-16(14,15)6-5(12)9-7(13)11-10-6/h8H,2-4H2,1H3,(H2,9,11,12,13). The van der Waals surface area contributed by atoms with Gasteiger partial charge in [0.1, 0.15) is 0 Å². The molecule has 3 N–H and O–H groups in total. The van der Waals surface area contributed by atoms with Crippen LogP contribution in [0.3, 0.4) is 0 Å². The van der Waals surface area contributed by atoms with E-state index < -0.39 is 26.3 Å². The smallest absolute Gasteiger partial charge is 0.270 e. The molecule has 1 heterocycles. The van der Waals surface area contributed by atoms with Crippen molar-refractivity contribution < 1.29 is 8.42 Å². The molecular formula is C7H12N4O4S. The van der Waals surface area contributed by atoms with Gasteiger partial charge in [-0.25, -0.2) is 23.0 Å². The van der Waals surface area contributed by atoms with Gasteiger partial charge >= 0.3 is 5.69 Å². The summed E-state index contributed by atoms with van der Waals surface area (Å²) < 4.78 is 25.3. The third-order valence-corrected chi connectivity index (χ3v) is 3.13. The minimum Gasteiger partial charge on any atom is -0.270 e. The molecule has 0 amide bonds. The second-order valence-corrected chi connectivity index (χ2v) is 4.75. The number of aromatic nitrogens is 3. The van der Waals surface area contributed by atoms with E-state index in [4.69, 9.17) is 0 Å². The number of hydrogen-bond acceptors (Lipinski definition) is 5. The minimum absolute atomic E-state index is 0.221. The molecule has 0 unspecified atom stereocenters. The first-order chi connectivity index (χ1) is 7.47. The van der Waals surface area contributed by atoms with E-state index in [0.717, 1.165) is 6.42 Å². The molecule has 0 aliphatic carbocycles. The fourth-order valence-electron chi connectivity index (χ4n) is 0.971. The van der Waals surface area contributed by atoms with Crippen LogP contribution >= 0.6 is 0 Å². The van der Waals surface area contributed by atoms with Crippen molar-refractivity contribution in [3.8, 4) is 0 Å². The number of unbranched alkanes of at least 4 members (excludes halogenated alkanes) is 1. The summed E-state index contributed by atoms with van der Waals surface area (Å²) >= 11 is 0. The van der Waals surface area contributed by atoms with Crippen molar-refractivity contribution in [3.63, 3.8) is 0 Å². The summed E-state index contributed by atoms with van der Waals surface area (Å²) in [6, 6.07) is 0. The summed E-state index contributed by atoms with van der Waals surface area (Å²) in [6.07, 6.45) is 1.47. The van der Waals surface area contributed by atoms with Gasteiger partial charge in [-0.2, -0.15) is 5.10 Å². The maximum atomic E-state index is 11.5. The second kappa shape index (κ2) is 5.03. The molecule has 0 bridgehead atoms. The molecule has 16 heavy (non-hydrogen) atoms. The molecule has 1 rings (SSSR count). The van der Waals surface area contributed by atoms with Gasteiger partial charge in [-0.15, -0.1) is 0 Å². The highest BCUT2D eigenvalue weighted by molar-refractivity contribution is 7.89. The quantitative estimate of drug-likeness (QED) is 0.549. The van der Waals surface area contributed by atoms with E-state index in [1.165, 1.54) is 0 Å². The summed E-state index contributed by atoms with van der Waals surface area (Å²) in [5, 5.41) is 4.32. The van der Waals surface area contributed by atoms with Gasteiger partial charge in [-0.05, 0) is 6.42 Å². The highest BCUT2D eigenvalue weighted by Crippen LogP contribution is 1.95. The molecule has 0 fully saturated rings. The van der Waals surface area contributed by atoms with Gasteiger partial charge < -0.3 is 0 Å². The lowest BCUT2D eigenvalue weighted by molar-refractivity contribution is 0.568. The molecule has 0 aliphatic heterocycles. The first kappa shape index (κ1) is 12.6. The van der Waals surface area contributed by atoms with Crippen molar-refractivity contribution in [1.82, 2.24) is 19.9 Å². The van der Waals surface area contributed by atoms with Gasteiger partial charge in [0.15, 0.2) is 0 Å². The van der Waals surface area contributed by atoms with Gasteiger partial charge in [-0.1, -0.05) is 13.3 Å². The molecular weight excluding hydrogens is 236 g/mol. The zero-order valence-electron chi connectivity index (χ0n) is 8.61. The molecule has 9 heteroatoms. The lowest BCUT2D eigenvalue weighted by atomic mass is 10.3. The summed E-state index contributed by atoms with van der Waals surface area (Å²) in [7, 11) is -3.95. The fourth-order valence-corrected chi connectivity index (χ4v) is 1.98. The van der Waals surface area contributed by atoms with Crippen LogP contribution in [0.15, 0.2) is 14.6 Å². The number of H-pyrrole nitrogens is 2. The Hall–Kier alpha value is -1.48. The normalized spacial score (nSPS) is 11.6. The van der Waals surface area contributed by atoms with E-state index in [1.807, 2.05) is 12.0 Å². The Balaban J connectivity index is 2.99. The summed E-state index contributed by atoms with van der Waals surface area (Å²) in [5.41, 5.74) is -1.88. The van der Waals surface area contributed by atoms with Crippen LogP contribution in [-0.4, -0.2) is 30.1 Å². The molecule has 0 radical (unpaired) electrons. The first-order valence-corrected chi connectivity index (χ1v) is 6.14. The maximum Gasteiger partial charge on any atom is 0.342 e. The zero-order valence-corrected chi connectivity index (χ0v) is 9.43. The molecule has 0 spiro atoms. The molecule has 0 saturated carbocycles. The maximum absolute atomic E-state index is 11.5. The number of nitrogens with one attached hydrogen (secondary N) is 3. The third kappa shape index (κ3) is 3.00. The highest BCUT2D eigenvalue weighted by Gasteiger charge is 2.19. The van der Waals surface area contributed by atoms with Crippen molar-refractivity contribution in [2.24, 2.45) is 0 Å². The molecule has 1 aromatic heterocycles. The average Bonchev–Trinajstić information content (AvgIpc) is 2.17. The van der Waals surface area contributed by atoms with E-state index >= 15 is 0 Å². The van der Waals surface area contributed by atoms with Crippen LogP contribution in [0.25, 0.3) is 0 Å². The molecule has 0 aliphatic rings. The number of nitrogens with zero attached hydrogens (tertiary/aromatic N) is 1. The Morgan fingerprint density at radius 3 is 2.62 bits per heavy atom. The molecule has 8 nitrogen and oxygen atoms in total. The van der Waals surface area contributed by atoms with Crippen molar-refractivity contribution in [2.45, 2.75) is 24.8 Å². The predicted molar refractivity (Wildman–Crippen MR) is 55.6 cm³/mol. The van der Waals surface area contributed by atoms with Crippen molar-refractivity contribution in [2.75, 3.05) is 6.54 Å². The Bertz CT molecular complexity index is 558. The molecule has 0 saturated heterocycles. The number of hydrogen-bond donors (Lipinski definition) is 3. The van der Waals surface area contributed by atoms with Crippen LogP contribution in [0.2, 0.25) is 0 Å². The average molecular weight is 248 g/mol. The highest BCUT2D eigenvalue weighted by atomic mass is 32.2. The number of rotatable bonds is 5. The molecule has 0 aromatic carbocycles. The lowest BCUT2D eigenvalue weighted by Crippen LogP contribution is -2.35. The topological polar surface area (TPSA) is 125 Å². The van der Waals surface area contributed by atoms with E-state index in [2.05, 4.69) is 9.82 Å². The van der Waals surface area contributed by atoms with Crippen molar-refractivity contribution in [3.05, 3.63) is 20.8 Å². The number of sulfonamides is 1. The summed E-state index contributed by atoms with van der Waals surface area (Å²) in [4.78, 5) is 23.6. The van der Waals surface area contributed by atoms with Crippen LogP contribution in [-0.2, 0) is 10.0 Å². The second-order valence-electron chi connectivity index (χ2n) is 3.06. The van der Waals surface area contributed by atoms with Crippen molar-refractivity contribution >= 4 is 10.0 Å². The predicted octanol–water partition coefficient (Wildman–Crippen LogP) is -1.46. The van der Waals surface area contributed by atoms with E-state index in [-0.39, 0.29) is 6.54 Å². The van der Waals surface area contributed by atoms with E-state index in [9.17, 15) is 18.0 Å². The monoisotopic (exact) mass is 248 g/mol. The zero-order chi connectivity index (χ0) is 12.2. The minimum atomic E-state index is -3.95. The Kier molecular flexibility index (Phi) is 3.96. The van der Waals surface area contributed by atoms with Crippen LogP contribution in [0.5, 0.6) is 0 Å².